The van der Waals surface area contributed by atoms with Gasteiger partial charge in [-0.3, -0.25) is 0 Å². The molecule has 1 N–H and O–H groups in total. The Morgan fingerprint density at radius 2 is 2.06 bits per heavy atom. The number of imidazole rings is 1. The summed E-state index contributed by atoms with van der Waals surface area (Å²) in [6, 6.07) is 1.70. The maximum absolute atomic E-state index is 13.5. The van der Waals surface area contributed by atoms with Gasteiger partial charge in [-0.2, -0.15) is 0 Å². The van der Waals surface area contributed by atoms with Crippen molar-refractivity contribution in [3.63, 3.8) is 0 Å². The minimum Gasteiger partial charge on any atom is -0.382 e. The second-order valence-corrected chi connectivity index (χ2v) is 4.06. The Hall–Kier alpha value is -1.46. The predicted octanol–water partition coefficient (Wildman–Crippen LogP) is 2.43. The molecular formula is C11H9ClF2N2O. The van der Waals surface area contributed by atoms with Crippen LogP contribution in [0, 0.1) is 11.6 Å². The van der Waals surface area contributed by atoms with E-state index in [1.807, 2.05) is 0 Å². The summed E-state index contributed by atoms with van der Waals surface area (Å²) in [5, 5.41) is 9.56. The molecule has 2 aromatic rings. The van der Waals surface area contributed by atoms with E-state index in [-0.39, 0.29) is 16.3 Å². The summed E-state index contributed by atoms with van der Waals surface area (Å²) in [6.45, 7) is 0. The third-order valence-corrected chi connectivity index (χ3v) is 2.63. The minimum atomic E-state index is -1.32. The number of benzene rings is 1. The van der Waals surface area contributed by atoms with Crippen LogP contribution in [-0.4, -0.2) is 14.7 Å². The first kappa shape index (κ1) is 12.0. The number of aliphatic hydroxyl groups excluding tert-OH is 1. The number of rotatable bonds is 2. The van der Waals surface area contributed by atoms with Crippen molar-refractivity contribution >= 4 is 11.6 Å². The van der Waals surface area contributed by atoms with E-state index in [4.69, 9.17) is 11.6 Å². The molecule has 0 aliphatic heterocycles. The van der Waals surface area contributed by atoms with E-state index in [0.29, 0.717) is 0 Å². The molecule has 1 aromatic carbocycles. The van der Waals surface area contributed by atoms with Crippen molar-refractivity contribution in [2.24, 2.45) is 7.05 Å². The first-order valence-corrected chi connectivity index (χ1v) is 5.17. The lowest BCUT2D eigenvalue weighted by molar-refractivity contribution is 0.210. The molecule has 1 unspecified atom stereocenters. The zero-order valence-electron chi connectivity index (χ0n) is 8.86. The van der Waals surface area contributed by atoms with Crippen LogP contribution in [0.1, 0.15) is 17.4 Å². The Kier molecular flexibility index (Phi) is 3.13. The highest BCUT2D eigenvalue weighted by Crippen LogP contribution is 2.27. The number of aliphatic hydroxyl groups is 1. The largest absolute Gasteiger partial charge is 0.382 e. The van der Waals surface area contributed by atoms with Crippen LogP contribution in [0.3, 0.4) is 0 Å². The molecule has 0 bridgehead atoms. The third kappa shape index (κ3) is 2.30. The molecule has 0 radical (unpaired) electrons. The Morgan fingerprint density at radius 1 is 1.35 bits per heavy atom. The van der Waals surface area contributed by atoms with Crippen molar-refractivity contribution in [2.45, 2.75) is 6.10 Å². The van der Waals surface area contributed by atoms with E-state index in [9.17, 15) is 13.9 Å². The highest BCUT2D eigenvalue weighted by Gasteiger charge is 2.19. The summed E-state index contributed by atoms with van der Waals surface area (Å²) in [7, 11) is 1.71. The number of hydrogen-bond donors (Lipinski definition) is 1. The van der Waals surface area contributed by atoms with Gasteiger partial charge in [0.15, 0.2) is 0 Å². The van der Waals surface area contributed by atoms with Gasteiger partial charge in [-0.1, -0.05) is 11.6 Å². The zero-order valence-corrected chi connectivity index (χ0v) is 9.62. The van der Waals surface area contributed by atoms with E-state index in [1.165, 1.54) is 12.5 Å². The number of halogens is 3. The average Bonchev–Trinajstić information content (AvgIpc) is 2.69. The van der Waals surface area contributed by atoms with Gasteiger partial charge in [0.25, 0.3) is 0 Å². The molecule has 0 saturated heterocycles. The first-order chi connectivity index (χ1) is 7.99. The summed E-state index contributed by atoms with van der Waals surface area (Å²) in [4.78, 5) is 3.88. The minimum absolute atomic E-state index is 0.189. The van der Waals surface area contributed by atoms with Crippen LogP contribution in [-0.2, 0) is 7.05 Å². The standard InChI is InChI=1S/C11H9ClF2N2O/c1-16-4-10(15-5-16)11(17)6-2-9(14)7(12)3-8(6)13/h2-5,11,17H,1H3. The molecule has 0 saturated carbocycles. The van der Waals surface area contributed by atoms with Gasteiger partial charge < -0.3 is 9.67 Å². The predicted molar refractivity (Wildman–Crippen MR) is 58.6 cm³/mol. The molecular weight excluding hydrogens is 250 g/mol. The molecule has 3 nitrogen and oxygen atoms in total. The van der Waals surface area contributed by atoms with Crippen LogP contribution in [0.4, 0.5) is 8.78 Å². The molecule has 90 valence electrons. The quantitative estimate of drug-likeness (QED) is 0.840. The topological polar surface area (TPSA) is 38.0 Å². The molecule has 6 heteroatoms. The van der Waals surface area contributed by atoms with E-state index >= 15 is 0 Å². The fraction of sp³-hybridized carbons (Fsp3) is 0.182. The molecule has 0 fully saturated rings. The van der Waals surface area contributed by atoms with E-state index < -0.39 is 17.7 Å². The number of hydrogen-bond acceptors (Lipinski definition) is 2. The van der Waals surface area contributed by atoms with Crippen LogP contribution in [0.2, 0.25) is 5.02 Å². The van der Waals surface area contributed by atoms with Crippen LogP contribution in [0.15, 0.2) is 24.7 Å². The van der Waals surface area contributed by atoms with Gasteiger partial charge in [0.2, 0.25) is 0 Å². The number of aryl methyl sites for hydroxylation is 1. The van der Waals surface area contributed by atoms with Crippen molar-refractivity contribution in [1.29, 1.82) is 0 Å². The van der Waals surface area contributed by atoms with Gasteiger partial charge >= 0.3 is 0 Å². The zero-order chi connectivity index (χ0) is 12.6. The van der Waals surface area contributed by atoms with E-state index in [1.54, 1.807) is 11.6 Å². The van der Waals surface area contributed by atoms with E-state index in [2.05, 4.69) is 4.98 Å². The molecule has 0 spiro atoms. The van der Waals surface area contributed by atoms with E-state index in [0.717, 1.165) is 12.1 Å². The van der Waals surface area contributed by atoms with Gasteiger partial charge in [-0.25, -0.2) is 13.8 Å². The van der Waals surface area contributed by atoms with Gasteiger partial charge in [0.05, 0.1) is 17.0 Å². The maximum Gasteiger partial charge on any atom is 0.142 e. The lowest BCUT2D eigenvalue weighted by Gasteiger charge is -2.10. The molecule has 0 aliphatic rings. The number of nitrogens with zero attached hydrogens (tertiary/aromatic N) is 2. The fourth-order valence-corrected chi connectivity index (χ4v) is 1.63. The highest BCUT2D eigenvalue weighted by molar-refractivity contribution is 6.30. The molecule has 0 aliphatic carbocycles. The smallest absolute Gasteiger partial charge is 0.142 e. The summed E-state index contributed by atoms with van der Waals surface area (Å²) in [5.74, 6) is -1.55. The lowest BCUT2D eigenvalue weighted by atomic mass is 10.1. The summed E-state index contributed by atoms with van der Waals surface area (Å²) in [6.07, 6.45) is 1.67. The van der Waals surface area contributed by atoms with Gasteiger partial charge in [0, 0.05) is 18.8 Å². The Bertz CT molecular complexity index is 556. The van der Waals surface area contributed by atoms with Crippen LogP contribution >= 0.6 is 11.6 Å². The van der Waals surface area contributed by atoms with Crippen LogP contribution < -0.4 is 0 Å². The van der Waals surface area contributed by atoms with Gasteiger partial charge in [-0.05, 0) is 12.1 Å². The Labute approximate surface area is 101 Å². The molecule has 17 heavy (non-hydrogen) atoms. The van der Waals surface area contributed by atoms with Crippen molar-refractivity contribution in [1.82, 2.24) is 9.55 Å². The molecule has 1 aromatic heterocycles. The second-order valence-electron chi connectivity index (χ2n) is 3.65. The van der Waals surface area contributed by atoms with Crippen LogP contribution in [0.25, 0.3) is 0 Å². The second kappa shape index (κ2) is 4.43. The van der Waals surface area contributed by atoms with Crippen molar-refractivity contribution < 1.29 is 13.9 Å². The van der Waals surface area contributed by atoms with Gasteiger partial charge in [0.1, 0.15) is 17.7 Å². The SMILES string of the molecule is Cn1cnc(C(O)c2cc(F)c(Cl)cc2F)c1. The normalized spacial score (nSPS) is 12.8. The molecule has 2 rings (SSSR count). The highest BCUT2D eigenvalue weighted by atomic mass is 35.5. The Morgan fingerprint density at radius 3 is 2.65 bits per heavy atom. The Balaban J connectivity index is 2.43. The summed E-state index contributed by atoms with van der Waals surface area (Å²) < 4.78 is 28.3. The maximum atomic E-state index is 13.5. The monoisotopic (exact) mass is 258 g/mol. The van der Waals surface area contributed by atoms with Crippen molar-refractivity contribution in [3.05, 3.63) is 52.6 Å². The number of aromatic nitrogens is 2. The molecule has 1 heterocycles. The molecule has 0 amide bonds. The average molecular weight is 259 g/mol. The third-order valence-electron chi connectivity index (χ3n) is 2.34. The molecule has 1 atom stereocenters. The first-order valence-electron chi connectivity index (χ1n) is 4.79. The van der Waals surface area contributed by atoms with Gasteiger partial charge in [-0.15, -0.1) is 0 Å². The van der Waals surface area contributed by atoms with Crippen molar-refractivity contribution in [2.75, 3.05) is 0 Å². The van der Waals surface area contributed by atoms with Crippen molar-refractivity contribution in [3.8, 4) is 0 Å². The summed E-state index contributed by atoms with van der Waals surface area (Å²) >= 11 is 5.42. The summed E-state index contributed by atoms with van der Waals surface area (Å²) in [5.41, 5.74) is 0.0544. The fourth-order valence-electron chi connectivity index (χ4n) is 1.48. The lowest BCUT2D eigenvalue weighted by Crippen LogP contribution is -2.04. The van der Waals surface area contributed by atoms with Crippen LogP contribution in [0.5, 0.6) is 0 Å².